The molecule has 0 amide bonds. The van der Waals surface area contributed by atoms with E-state index in [1.807, 2.05) is 11.3 Å². The Morgan fingerprint density at radius 1 is 1.27 bits per heavy atom. The Labute approximate surface area is 185 Å². The molecule has 3 aliphatic heterocycles. The van der Waals surface area contributed by atoms with Gasteiger partial charge in [0.25, 0.3) is 0 Å². The third-order valence-electron chi connectivity index (χ3n) is 6.43. The second-order valence-electron chi connectivity index (χ2n) is 8.64. The van der Waals surface area contributed by atoms with Gasteiger partial charge in [0, 0.05) is 50.8 Å². The van der Waals surface area contributed by atoms with Crippen molar-refractivity contribution in [3.8, 4) is 0 Å². The average Bonchev–Trinajstić information content (AvgIpc) is 3.26. The van der Waals surface area contributed by atoms with Crippen LogP contribution in [0.1, 0.15) is 49.5 Å². The largest absolute Gasteiger partial charge is 0.376 e. The fourth-order valence-electron chi connectivity index (χ4n) is 4.64. The highest BCUT2D eigenvalue weighted by Crippen LogP contribution is 2.23. The van der Waals surface area contributed by atoms with Crippen molar-refractivity contribution in [3.05, 3.63) is 21.9 Å². The number of likely N-dealkylation sites (tertiary alicyclic amines) is 1. The van der Waals surface area contributed by atoms with Gasteiger partial charge in [-0.1, -0.05) is 0 Å². The third-order valence-corrected chi connectivity index (χ3v) is 7.46. The van der Waals surface area contributed by atoms with E-state index in [2.05, 4.69) is 33.5 Å². The van der Waals surface area contributed by atoms with Crippen molar-refractivity contribution >= 4 is 17.3 Å². The monoisotopic (exact) mass is 434 g/mol. The smallest absolute Gasteiger partial charge is 0.193 e. The zero-order valence-corrected chi connectivity index (χ0v) is 19.3. The molecule has 0 saturated carbocycles. The molecule has 0 spiro atoms. The molecule has 0 bridgehead atoms. The predicted molar refractivity (Wildman–Crippen MR) is 123 cm³/mol. The summed E-state index contributed by atoms with van der Waals surface area (Å²) < 4.78 is 12.0. The molecule has 2 saturated heterocycles. The standard InChI is InChI=1S/C23H38N4O2S/c1-2-24-23(25-10-14-26-11-8-22-19(17-26)9-16-30-22)27-12-6-20(7-13-27)29-18-21-5-3-4-15-28-21/h9,16,20-21H,2-8,10-15,17-18H2,1H3,(H,24,25). The number of hydrogen-bond donors (Lipinski definition) is 1. The van der Waals surface area contributed by atoms with Gasteiger partial charge in [0.1, 0.15) is 0 Å². The van der Waals surface area contributed by atoms with E-state index >= 15 is 0 Å². The van der Waals surface area contributed by atoms with Crippen LogP contribution in [-0.2, 0) is 22.4 Å². The Bertz CT molecular complexity index is 666. The zero-order valence-electron chi connectivity index (χ0n) is 18.5. The lowest BCUT2D eigenvalue weighted by Gasteiger charge is -2.35. The maximum atomic E-state index is 6.18. The minimum absolute atomic E-state index is 0.315. The van der Waals surface area contributed by atoms with Crippen LogP contribution in [0.15, 0.2) is 16.4 Å². The van der Waals surface area contributed by atoms with Crippen LogP contribution in [0, 0.1) is 0 Å². The first-order valence-corrected chi connectivity index (χ1v) is 12.7. The molecule has 1 unspecified atom stereocenters. The van der Waals surface area contributed by atoms with Gasteiger partial charge in [0.2, 0.25) is 0 Å². The molecule has 30 heavy (non-hydrogen) atoms. The fraction of sp³-hybridized carbons (Fsp3) is 0.783. The van der Waals surface area contributed by atoms with Gasteiger partial charge in [-0.2, -0.15) is 0 Å². The number of piperidine rings is 1. The molecule has 6 nitrogen and oxygen atoms in total. The van der Waals surface area contributed by atoms with Crippen molar-refractivity contribution in [2.24, 2.45) is 4.99 Å². The molecule has 4 rings (SSSR count). The third kappa shape index (κ3) is 6.19. The Kier molecular flexibility index (Phi) is 8.43. The summed E-state index contributed by atoms with van der Waals surface area (Å²) in [6.07, 6.45) is 7.65. The van der Waals surface area contributed by atoms with Gasteiger partial charge in [0.15, 0.2) is 5.96 Å². The maximum absolute atomic E-state index is 6.18. The molecule has 3 aliphatic rings. The van der Waals surface area contributed by atoms with Crippen LogP contribution in [0.3, 0.4) is 0 Å². The topological polar surface area (TPSA) is 49.3 Å². The number of guanidine groups is 1. The summed E-state index contributed by atoms with van der Waals surface area (Å²) in [5.74, 6) is 1.07. The Balaban J connectivity index is 1.19. The summed E-state index contributed by atoms with van der Waals surface area (Å²) in [6.45, 7) is 10.9. The summed E-state index contributed by atoms with van der Waals surface area (Å²) in [6, 6.07) is 2.28. The van der Waals surface area contributed by atoms with Gasteiger partial charge in [-0.3, -0.25) is 9.89 Å². The molecular formula is C23H38N4O2S. The van der Waals surface area contributed by atoms with Crippen LogP contribution in [-0.4, -0.2) is 80.4 Å². The second-order valence-corrected chi connectivity index (χ2v) is 9.64. The van der Waals surface area contributed by atoms with Crippen LogP contribution >= 0.6 is 11.3 Å². The molecule has 0 aromatic carbocycles. The van der Waals surface area contributed by atoms with E-state index < -0.39 is 0 Å². The maximum Gasteiger partial charge on any atom is 0.193 e. The number of rotatable bonds is 7. The van der Waals surface area contributed by atoms with Crippen LogP contribution in [0.2, 0.25) is 0 Å². The van der Waals surface area contributed by atoms with E-state index in [9.17, 15) is 0 Å². The molecule has 1 atom stereocenters. The van der Waals surface area contributed by atoms with Crippen molar-refractivity contribution in [1.82, 2.24) is 15.1 Å². The lowest BCUT2D eigenvalue weighted by molar-refractivity contribution is -0.0721. The molecule has 1 aromatic heterocycles. The lowest BCUT2D eigenvalue weighted by Crippen LogP contribution is -2.47. The van der Waals surface area contributed by atoms with E-state index in [4.69, 9.17) is 14.5 Å². The van der Waals surface area contributed by atoms with Crippen LogP contribution < -0.4 is 5.32 Å². The Morgan fingerprint density at radius 2 is 2.17 bits per heavy atom. The summed E-state index contributed by atoms with van der Waals surface area (Å²) in [7, 11) is 0. The van der Waals surface area contributed by atoms with Crippen LogP contribution in [0.5, 0.6) is 0 Å². The first-order valence-electron chi connectivity index (χ1n) is 11.9. The van der Waals surface area contributed by atoms with Gasteiger partial charge in [0.05, 0.1) is 25.4 Å². The molecule has 1 aromatic rings. The Hall–Kier alpha value is -1.15. The second kappa shape index (κ2) is 11.5. The molecular weight excluding hydrogens is 396 g/mol. The summed E-state index contributed by atoms with van der Waals surface area (Å²) in [5, 5.41) is 5.73. The average molecular weight is 435 g/mol. The van der Waals surface area contributed by atoms with Gasteiger partial charge >= 0.3 is 0 Å². The highest BCUT2D eigenvalue weighted by atomic mass is 32.1. The molecule has 0 radical (unpaired) electrons. The highest BCUT2D eigenvalue weighted by molar-refractivity contribution is 7.10. The first kappa shape index (κ1) is 22.1. The first-order chi connectivity index (χ1) is 14.8. The van der Waals surface area contributed by atoms with E-state index in [0.717, 1.165) is 84.2 Å². The van der Waals surface area contributed by atoms with E-state index in [1.54, 1.807) is 4.88 Å². The Morgan fingerprint density at radius 3 is 2.97 bits per heavy atom. The van der Waals surface area contributed by atoms with E-state index in [1.165, 1.54) is 24.8 Å². The molecule has 4 heterocycles. The summed E-state index contributed by atoms with van der Waals surface area (Å²) in [4.78, 5) is 11.5. The van der Waals surface area contributed by atoms with Crippen molar-refractivity contribution in [2.75, 3.05) is 52.5 Å². The molecule has 2 fully saturated rings. The lowest BCUT2D eigenvalue weighted by atomic mass is 10.1. The van der Waals surface area contributed by atoms with Crippen LogP contribution in [0.4, 0.5) is 0 Å². The van der Waals surface area contributed by atoms with E-state index in [-0.39, 0.29) is 0 Å². The summed E-state index contributed by atoms with van der Waals surface area (Å²) in [5.41, 5.74) is 1.52. The normalized spacial score (nSPS) is 24.1. The van der Waals surface area contributed by atoms with Crippen molar-refractivity contribution in [3.63, 3.8) is 0 Å². The predicted octanol–water partition coefficient (Wildman–Crippen LogP) is 3.12. The van der Waals surface area contributed by atoms with Crippen molar-refractivity contribution in [2.45, 2.75) is 64.2 Å². The number of hydrogen-bond acceptors (Lipinski definition) is 5. The number of nitrogens with one attached hydrogen (secondary N) is 1. The van der Waals surface area contributed by atoms with Crippen LogP contribution in [0.25, 0.3) is 0 Å². The van der Waals surface area contributed by atoms with Crippen molar-refractivity contribution in [1.29, 1.82) is 0 Å². The molecule has 168 valence electrons. The van der Waals surface area contributed by atoms with E-state index in [0.29, 0.717) is 12.2 Å². The minimum Gasteiger partial charge on any atom is -0.376 e. The molecule has 0 aliphatic carbocycles. The number of thiophene rings is 1. The number of fused-ring (bicyclic) bond motifs is 1. The summed E-state index contributed by atoms with van der Waals surface area (Å²) >= 11 is 1.90. The number of nitrogens with zero attached hydrogens (tertiary/aromatic N) is 3. The molecule has 7 heteroatoms. The van der Waals surface area contributed by atoms with Gasteiger partial charge in [-0.05, 0) is 62.5 Å². The van der Waals surface area contributed by atoms with Gasteiger partial charge in [-0.25, -0.2) is 0 Å². The number of ether oxygens (including phenoxy) is 2. The fourth-order valence-corrected chi connectivity index (χ4v) is 5.53. The van der Waals surface area contributed by atoms with Gasteiger partial charge in [-0.15, -0.1) is 11.3 Å². The number of aliphatic imine (C=N–C) groups is 1. The quantitative estimate of drug-likeness (QED) is 0.528. The van der Waals surface area contributed by atoms with Gasteiger partial charge < -0.3 is 19.7 Å². The highest BCUT2D eigenvalue weighted by Gasteiger charge is 2.24. The SMILES string of the molecule is CCNC(=NCCN1CCc2sccc2C1)N1CCC(OCC2CCCCO2)CC1. The zero-order chi connectivity index (χ0) is 20.6. The van der Waals surface area contributed by atoms with Crippen molar-refractivity contribution < 1.29 is 9.47 Å². The minimum atomic E-state index is 0.315. The molecule has 1 N–H and O–H groups in total.